The van der Waals surface area contributed by atoms with Crippen LogP contribution in [0.5, 0.6) is 0 Å². The molecule has 1 amide bonds. The van der Waals surface area contributed by atoms with Crippen LogP contribution in [0.1, 0.15) is 40.0 Å². The monoisotopic (exact) mass is 465 g/mol. The molecule has 2 bridgehead atoms. The molecule has 2 fully saturated rings. The predicted octanol–water partition coefficient (Wildman–Crippen LogP) is 4.49. The van der Waals surface area contributed by atoms with E-state index in [0.29, 0.717) is 22.5 Å². The Bertz CT molecular complexity index is 1300. The first kappa shape index (κ1) is 21.9. The van der Waals surface area contributed by atoms with E-state index in [1.54, 1.807) is 18.3 Å². The Kier molecular flexibility index (Phi) is 5.20. The molecule has 1 saturated carbocycles. The Morgan fingerprint density at radius 2 is 1.97 bits per heavy atom. The second-order valence-electron chi connectivity index (χ2n) is 10.5. The highest BCUT2D eigenvalue weighted by Crippen LogP contribution is 2.52. The van der Waals surface area contributed by atoms with E-state index < -0.39 is 0 Å². The molecule has 2 aromatic heterocycles. The average molecular weight is 466 g/mol. The van der Waals surface area contributed by atoms with Crippen molar-refractivity contribution in [3.63, 3.8) is 0 Å². The van der Waals surface area contributed by atoms with Gasteiger partial charge in [0, 0.05) is 18.8 Å². The average Bonchev–Trinajstić information content (AvgIpc) is 3.00. The molecule has 1 saturated heterocycles. The summed E-state index contributed by atoms with van der Waals surface area (Å²) in [6.45, 7) is 7.59. The highest BCUT2D eigenvalue weighted by molar-refractivity contribution is 6.32. The molecule has 1 aliphatic heterocycles. The third-order valence-corrected chi connectivity index (χ3v) is 7.16. The normalized spacial score (nSPS) is 23.6. The van der Waals surface area contributed by atoms with Gasteiger partial charge in [-0.1, -0.05) is 44.5 Å². The van der Waals surface area contributed by atoms with Crippen molar-refractivity contribution in [3.05, 3.63) is 58.1 Å². The predicted molar refractivity (Wildman–Crippen MR) is 131 cm³/mol. The van der Waals surface area contributed by atoms with Gasteiger partial charge in [0.05, 0.1) is 16.7 Å². The third kappa shape index (κ3) is 4.10. The lowest BCUT2D eigenvalue weighted by Crippen LogP contribution is -2.39. The quantitative estimate of drug-likeness (QED) is 0.574. The molecule has 172 valence electrons. The van der Waals surface area contributed by atoms with Crippen LogP contribution in [-0.2, 0) is 11.3 Å². The zero-order valence-electron chi connectivity index (χ0n) is 19.1. The number of hydrogen-bond donors (Lipinski definition) is 1. The zero-order valence-corrected chi connectivity index (χ0v) is 19.9. The third-order valence-electron chi connectivity index (χ3n) is 6.86. The molecule has 2 atom stereocenters. The van der Waals surface area contributed by atoms with Gasteiger partial charge in [-0.3, -0.25) is 14.2 Å². The minimum atomic E-state index is -0.345. The molecule has 1 aromatic carbocycles. The van der Waals surface area contributed by atoms with Crippen LogP contribution < -0.4 is 15.8 Å². The number of fused-ring (bicyclic) bond motifs is 3. The molecule has 2 aliphatic rings. The van der Waals surface area contributed by atoms with E-state index in [1.807, 2.05) is 24.3 Å². The van der Waals surface area contributed by atoms with Crippen LogP contribution in [0.2, 0.25) is 5.15 Å². The van der Waals surface area contributed by atoms with Gasteiger partial charge in [-0.05, 0) is 54.4 Å². The number of aromatic nitrogens is 3. The molecule has 1 aliphatic carbocycles. The number of anilines is 2. The van der Waals surface area contributed by atoms with E-state index in [9.17, 15) is 9.59 Å². The SMILES string of the molecule is CC1(C)CC2CC(C)(CN2c2nc3ccccc3n(CC(=O)Nc3cccnc3Cl)c2=O)C1. The maximum atomic E-state index is 13.7. The molecule has 1 N–H and O–H groups in total. The Labute approximate surface area is 197 Å². The number of halogens is 1. The first-order valence-electron chi connectivity index (χ1n) is 11.3. The Balaban J connectivity index is 1.53. The summed E-state index contributed by atoms with van der Waals surface area (Å²) in [6, 6.07) is 11.1. The highest BCUT2D eigenvalue weighted by Gasteiger charge is 2.50. The summed E-state index contributed by atoms with van der Waals surface area (Å²) >= 11 is 6.09. The van der Waals surface area contributed by atoms with E-state index in [4.69, 9.17) is 16.6 Å². The molecule has 0 spiro atoms. The number of hydrogen-bond acceptors (Lipinski definition) is 5. The molecule has 5 rings (SSSR count). The smallest absolute Gasteiger partial charge is 0.294 e. The molecule has 0 radical (unpaired) electrons. The standard InChI is InChI=1S/C25H28ClN5O2/c1-24(2)11-16-12-25(3,14-24)15-31(16)22-23(33)30(19-9-5-4-7-17(19)29-22)13-20(32)28-18-8-6-10-27-21(18)26/h4-10,16H,11-15H2,1-3H3,(H,28,32). The first-order chi connectivity index (χ1) is 15.6. The van der Waals surface area contributed by atoms with Crippen molar-refractivity contribution in [1.82, 2.24) is 14.5 Å². The van der Waals surface area contributed by atoms with Crippen LogP contribution in [0.4, 0.5) is 11.5 Å². The Morgan fingerprint density at radius 3 is 2.76 bits per heavy atom. The van der Waals surface area contributed by atoms with Gasteiger partial charge < -0.3 is 10.2 Å². The van der Waals surface area contributed by atoms with E-state index in [-0.39, 0.29) is 40.0 Å². The van der Waals surface area contributed by atoms with E-state index in [2.05, 4.69) is 36.0 Å². The second kappa shape index (κ2) is 7.83. The molecule has 7 nitrogen and oxygen atoms in total. The summed E-state index contributed by atoms with van der Waals surface area (Å²) < 4.78 is 1.52. The minimum Gasteiger partial charge on any atom is -0.348 e. The Hall–Kier alpha value is -2.93. The van der Waals surface area contributed by atoms with Crippen molar-refractivity contribution in [2.45, 2.75) is 52.6 Å². The van der Waals surface area contributed by atoms with Gasteiger partial charge in [-0.15, -0.1) is 0 Å². The number of carbonyl (C=O) groups excluding carboxylic acids is 1. The molecule has 33 heavy (non-hydrogen) atoms. The number of pyridine rings is 1. The minimum absolute atomic E-state index is 0.138. The fraction of sp³-hybridized carbons (Fsp3) is 0.440. The van der Waals surface area contributed by atoms with Gasteiger partial charge in [0.2, 0.25) is 5.91 Å². The van der Waals surface area contributed by atoms with Gasteiger partial charge in [-0.2, -0.15) is 0 Å². The summed E-state index contributed by atoms with van der Waals surface area (Å²) in [7, 11) is 0. The van der Waals surface area contributed by atoms with Crippen LogP contribution in [-0.4, -0.2) is 33.0 Å². The van der Waals surface area contributed by atoms with Gasteiger partial charge in [0.25, 0.3) is 5.56 Å². The first-order valence-corrected chi connectivity index (χ1v) is 11.7. The van der Waals surface area contributed by atoms with Crippen molar-refractivity contribution < 1.29 is 4.79 Å². The largest absolute Gasteiger partial charge is 0.348 e. The maximum absolute atomic E-state index is 13.7. The topological polar surface area (TPSA) is 80.1 Å². The number of benzene rings is 1. The highest BCUT2D eigenvalue weighted by atomic mass is 35.5. The van der Waals surface area contributed by atoms with E-state index in [0.717, 1.165) is 25.8 Å². The maximum Gasteiger partial charge on any atom is 0.294 e. The van der Waals surface area contributed by atoms with Gasteiger partial charge >= 0.3 is 0 Å². The zero-order chi connectivity index (χ0) is 23.4. The molecule has 3 aromatic rings. The lowest BCUT2D eigenvalue weighted by molar-refractivity contribution is -0.116. The number of nitrogens with one attached hydrogen (secondary N) is 1. The van der Waals surface area contributed by atoms with Crippen LogP contribution >= 0.6 is 11.6 Å². The number of para-hydroxylation sites is 2. The number of rotatable bonds is 4. The second-order valence-corrected chi connectivity index (χ2v) is 10.9. The van der Waals surface area contributed by atoms with Crippen LogP contribution in [0.25, 0.3) is 11.0 Å². The fourth-order valence-electron chi connectivity index (χ4n) is 6.04. The Morgan fingerprint density at radius 1 is 1.18 bits per heavy atom. The van der Waals surface area contributed by atoms with Crippen molar-refractivity contribution in [3.8, 4) is 0 Å². The van der Waals surface area contributed by atoms with Crippen LogP contribution in [0.15, 0.2) is 47.4 Å². The van der Waals surface area contributed by atoms with Gasteiger partial charge in [0.1, 0.15) is 6.54 Å². The number of carbonyl (C=O) groups is 1. The van der Waals surface area contributed by atoms with Gasteiger partial charge in [-0.25, -0.2) is 9.97 Å². The molecular formula is C25H28ClN5O2. The fourth-order valence-corrected chi connectivity index (χ4v) is 6.21. The van der Waals surface area contributed by atoms with Crippen molar-refractivity contribution in [2.24, 2.45) is 10.8 Å². The summed E-state index contributed by atoms with van der Waals surface area (Å²) in [6.07, 6.45) is 4.77. The van der Waals surface area contributed by atoms with Crippen molar-refractivity contribution >= 4 is 40.0 Å². The summed E-state index contributed by atoms with van der Waals surface area (Å²) in [5.41, 5.74) is 1.89. The number of amides is 1. The van der Waals surface area contributed by atoms with Crippen molar-refractivity contribution in [2.75, 3.05) is 16.8 Å². The molecular weight excluding hydrogens is 438 g/mol. The van der Waals surface area contributed by atoms with Crippen LogP contribution in [0, 0.1) is 10.8 Å². The van der Waals surface area contributed by atoms with Gasteiger partial charge in [0.15, 0.2) is 11.0 Å². The van der Waals surface area contributed by atoms with Crippen molar-refractivity contribution in [1.29, 1.82) is 0 Å². The lowest BCUT2D eigenvalue weighted by Gasteiger charge is -2.39. The number of nitrogens with zero attached hydrogens (tertiary/aromatic N) is 4. The summed E-state index contributed by atoms with van der Waals surface area (Å²) in [5.74, 6) is 0.0925. The summed E-state index contributed by atoms with van der Waals surface area (Å²) in [5, 5.41) is 2.97. The van der Waals surface area contributed by atoms with E-state index >= 15 is 0 Å². The molecule has 2 unspecified atom stereocenters. The lowest BCUT2D eigenvalue weighted by atomic mass is 9.65. The molecule has 3 heterocycles. The summed E-state index contributed by atoms with van der Waals surface area (Å²) in [4.78, 5) is 37.6. The molecule has 8 heteroatoms. The van der Waals surface area contributed by atoms with Crippen LogP contribution in [0.3, 0.4) is 0 Å². The van der Waals surface area contributed by atoms with E-state index in [1.165, 1.54) is 4.57 Å².